The molecule has 9 heteroatoms. The summed E-state index contributed by atoms with van der Waals surface area (Å²) < 4.78 is 5.55. The molecule has 0 unspecified atom stereocenters. The number of fused-ring (bicyclic) bond motifs is 4. The highest BCUT2D eigenvalue weighted by Gasteiger charge is 2.47. The van der Waals surface area contributed by atoms with Crippen LogP contribution in [0.1, 0.15) is 29.9 Å². The van der Waals surface area contributed by atoms with Gasteiger partial charge in [-0.3, -0.25) is 14.4 Å². The van der Waals surface area contributed by atoms with Gasteiger partial charge in [0.25, 0.3) is 0 Å². The van der Waals surface area contributed by atoms with Crippen molar-refractivity contribution in [3.63, 3.8) is 0 Å². The number of nitrogens with zero attached hydrogens (tertiary/aromatic N) is 1. The van der Waals surface area contributed by atoms with E-state index in [0.29, 0.717) is 0 Å². The van der Waals surface area contributed by atoms with Gasteiger partial charge in [0.15, 0.2) is 0 Å². The van der Waals surface area contributed by atoms with Crippen LogP contribution < -0.4 is 10.6 Å². The summed E-state index contributed by atoms with van der Waals surface area (Å²) in [5.41, 5.74) is 4.48. The van der Waals surface area contributed by atoms with E-state index in [1.807, 2.05) is 36.4 Å². The van der Waals surface area contributed by atoms with E-state index in [0.717, 1.165) is 22.3 Å². The predicted octanol–water partition coefficient (Wildman–Crippen LogP) is 1.47. The zero-order chi connectivity index (χ0) is 23.1. The number of nitrogens with one attached hydrogen (secondary N) is 2. The molecule has 1 aliphatic carbocycles. The fourth-order valence-electron chi connectivity index (χ4n) is 5.08. The van der Waals surface area contributed by atoms with Gasteiger partial charge in [0.05, 0.1) is 12.5 Å². The second kappa shape index (κ2) is 8.23. The van der Waals surface area contributed by atoms with Gasteiger partial charge in [0.2, 0.25) is 11.8 Å². The monoisotopic (exact) mass is 449 g/mol. The fourth-order valence-corrected chi connectivity index (χ4v) is 5.08. The first kappa shape index (κ1) is 21.0. The molecule has 0 saturated carbocycles. The molecular formula is C24H23N3O6. The minimum Gasteiger partial charge on any atom is -0.481 e. The van der Waals surface area contributed by atoms with E-state index in [4.69, 9.17) is 9.84 Å². The first-order valence-corrected chi connectivity index (χ1v) is 10.9. The highest BCUT2D eigenvalue weighted by Crippen LogP contribution is 2.44. The molecular weight excluding hydrogens is 426 g/mol. The Hall–Kier alpha value is -3.88. The number of rotatable bonds is 5. The molecule has 5 rings (SSSR count). The number of amides is 3. The van der Waals surface area contributed by atoms with Gasteiger partial charge in [-0.25, -0.2) is 4.79 Å². The average molecular weight is 449 g/mol. The van der Waals surface area contributed by atoms with Gasteiger partial charge in [0, 0.05) is 12.5 Å². The summed E-state index contributed by atoms with van der Waals surface area (Å²) in [6.07, 6.45) is -0.837. The van der Waals surface area contributed by atoms with Gasteiger partial charge in [-0.15, -0.1) is 0 Å². The van der Waals surface area contributed by atoms with E-state index in [2.05, 4.69) is 22.8 Å². The molecule has 0 spiro atoms. The van der Waals surface area contributed by atoms with Crippen LogP contribution >= 0.6 is 0 Å². The lowest BCUT2D eigenvalue weighted by molar-refractivity contribution is -0.150. The minimum atomic E-state index is -1.17. The fraction of sp³-hybridized carbons (Fsp3) is 0.333. The van der Waals surface area contributed by atoms with Crippen LogP contribution in [0.4, 0.5) is 4.79 Å². The maximum absolute atomic E-state index is 12.6. The molecule has 2 aromatic rings. The Morgan fingerprint density at radius 3 is 2.33 bits per heavy atom. The topological polar surface area (TPSA) is 125 Å². The smallest absolute Gasteiger partial charge is 0.407 e. The van der Waals surface area contributed by atoms with Crippen LogP contribution in [0.15, 0.2) is 48.5 Å². The molecule has 0 aromatic heterocycles. The molecule has 9 nitrogen and oxygen atoms in total. The summed E-state index contributed by atoms with van der Waals surface area (Å²) >= 11 is 0. The number of benzene rings is 2. The van der Waals surface area contributed by atoms with Crippen molar-refractivity contribution in [3.05, 3.63) is 59.7 Å². The summed E-state index contributed by atoms with van der Waals surface area (Å²) in [5, 5.41) is 14.2. The van der Waals surface area contributed by atoms with E-state index in [-0.39, 0.29) is 25.5 Å². The number of carbonyl (C=O) groups is 4. The standard InChI is InChI=1S/C24H23N3O6/c28-21(29)10-19-23(31)27-11-13(9-20(27)22(30)26-19)25-24(32)33-12-18-16-7-3-1-5-14(16)15-6-2-4-8-17(15)18/h1-8,13,18-20H,9-12H2,(H,25,32)(H,26,30)(H,28,29)/t13-,19-,20-/m0/s1. The molecule has 2 aromatic carbocycles. The molecule has 2 saturated heterocycles. The maximum Gasteiger partial charge on any atom is 0.407 e. The Labute approximate surface area is 189 Å². The van der Waals surface area contributed by atoms with Crippen molar-refractivity contribution in [2.45, 2.75) is 36.9 Å². The van der Waals surface area contributed by atoms with E-state index in [1.54, 1.807) is 0 Å². The SMILES string of the molecule is O=C(O)C[C@@H]1NC(=O)[C@@H]2C[C@H](NC(=O)OCC3c4ccccc4-c4ccccc43)CN2C1=O. The Morgan fingerprint density at radius 2 is 1.70 bits per heavy atom. The number of carboxylic acids is 1. The largest absolute Gasteiger partial charge is 0.481 e. The number of hydrogen-bond donors (Lipinski definition) is 3. The maximum atomic E-state index is 12.6. The molecule has 3 aliphatic rings. The third-order valence-corrected chi connectivity index (χ3v) is 6.55. The van der Waals surface area contributed by atoms with Crippen LogP contribution in [0, 0.1) is 0 Å². The van der Waals surface area contributed by atoms with Crippen LogP contribution in [0.3, 0.4) is 0 Å². The predicted molar refractivity (Wildman–Crippen MR) is 116 cm³/mol. The van der Waals surface area contributed by atoms with Gasteiger partial charge >= 0.3 is 12.1 Å². The Morgan fingerprint density at radius 1 is 1.06 bits per heavy atom. The molecule has 0 radical (unpaired) electrons. The Balaban J connectivity index is 1.21. The highest BCUT2D eigenvalue weighted by molar-refractivity contribution is 5.99. The van der Waals surface area contributed by atoms with Crippen molar-refractivity contribution in [1.29, 1.82) is 0 Å². The molecule has 170 valence electrons. The van der Waals surface area contributed by atoms with Crippen LogP contribution in [0.2, 0.25) is 0 Å². The normalized spacial score (nSPS) is 23.4. The second-order valence-electron chi connectivity index (χ2n) is 8.57. The van der Waals surface area contributed by atoms with Crippen LogP contribution in [0.5, 0.6) is 0 Å². The lowest BCUT2D eigenvalue weighted by atomic mass is 9.98. The quantitative estimate of drug-likeness (QED) is 0.635. The number of hydrogen-bond acceptors (Lipinski definition) is 5. The summed E-state index contributed by atoms with van der Waals surface area (Å²) in [5.74, 6) is -2.08. The Bertz CT molecular complexity index is 1100. The van der Waals surface area contributed by atoms with E-state index in [1.165, 1.54) is 4.90 Å². The number of ether oxygens (including phenoxy) is 1. The summed E-state index contributed by atoms with van der Waals surface area (Å²) in [4.78, 5) is 49.7. The van der Waals surface area contributed by atoms with E-state index < -0.39 is 48.4 Å². The second-order valence-corrected chi connectivity index (χ2v) is 8.57. The van der Waals surface area contributed by atoms with Gasteiger partial charge in [0.1, 0.15) is 18.7 Å². The van der Waals surface area contributed by atoms with E-state index in [9.17, 15) is 19.2 Å². The van der Waals surface area contributed by atoms with E-state index >= 15 is 0 Å². The molecule has 0 bridgehead atoms. The lowest BCUT2D eigenvalue weighted by Gasteiger charge is -2.33. The molecule has 2 heterocycles. The zero-order valence-corrected chi connectivity index (χ0v) is 17.7. The molecule has 3 amide bonds. The lowest BCUT2D eigenvalue weighted by Crippen LogP contribution is -2.61. The van der Waals surface area contributed by atoms with Crippen LogP contribution in [-0.2, 0) is 19.1 Å². The number of piperazine rings is 1. The molecule has 33 heavy (non-hydrogen) atoms. The minimum absolute atomic E-state index is 0.0674. The van der Waals surface area contributed by atoms with Crippen LogP contribution in [0.25, 0.3) is 11.1 Å². The van der Waals surface area contributed by atoms with Crippen molar-refractivity contribution in [1.82, 2.24) is 15.5 Å². The Kier molecular flexibility index (Phi) is 5.24. The number of alkyl carbamates (subject to hydrolysis) is 1. The van der Waals surface area contributed by atoms with Crippen molar-refractivity contribution in [2.24, 2.45) is 0 Å². The average Bonchev–Trinajstić information content (AvgIpc) is 3.35. The molecule has 3 N–H and O–H groups in total. The molecule has 2 fully saturated rings. The third kappa shape index (κ3) is 3.79. The summed E-state index contributed by atoms with van der Waals surface area (Å²) in [6.45, 7) is 0.303. The zero-order valence-electron chi connectivity index (χ0n) is 17.7. The van der Waals surface area contributed by atoms with Crippen molar-refractivity contribution >= 4 is 23.9 Å². The van der Waals surface area contributed by atoms with Crippen molar-refractivity contribution in [3.8, 4) is 11.1 Å². The van der Waals surface area contributed by atoms with Gasteiger partial charge < -0.3 is 25.4 Å². The number of aliphatic carboxylic acids is 1. The van der Waals surface area contributed by atoms with Crippen LogP contribution in [-0.4, -0.2) is 65.2 Å². The van der Waals surface area contributed by atoms with Gasteiger partial charge in [-0.05, 0) is 28.7 Å². The van der Waals surface area contributed by atoms with Crippen molar-refractivity contribution < 1.29 is 29.0 Å². The first-order chi connectivity index (χ1) is 15.9. The van der Waals surface area contributed by atoms with Gasteiger partial charge in [-0.2, -0.15) is 0 Å². The molecule has 2 aliphatic heterocycles. The highest BCUT2D eigenvalue weighted by atomic mass is 16.5. The summed E-state index contributed by atoms with van der Waals surface area (Å²) in [7, 11) is 0. The third-order valence-electron chi connectivity index (χ3n) is 6.55. The number of carboxylic acid groups (broad SMARTS) is 1. The van der Waals surface area contributed by atoms with Gasteiger partial charge in [-0.1, -0.05) is 48.5 Å². The molecule has 3 atom stereocenters. The van der Waals surface area contributed by atoms with Crippen molar-refractivity contribution in [2.75, 3.05) is 13.2 Å². The summed E-state index contributed by atoms with van der Waals surface area (Å²) in [6, 6.07) is 13.8. The first-order valence-electron chi connectivity index (χ1n) is 10.9. The number of carbonyl (C=O) groups excluding carboxylic acids is 3.